The number of ketones is 1. The van der Waals surface area contributed by atoms with Gasteiger partial charge in [-0.25, -0.2) is 0 Å². The Morgan fingerprint density at radius 1 is 1.15 bits per heavy atom. The highest BCUT2D eigenvalue weighted by atomic mass is 16.1. The number of carbonyl (C=O) groups excluding carboxylic acids is 1. The van der Waals surface area contributed by atoms with Gasteiger partial charge in [0.2, 0.25) is 0 Å². The highest BCUT2D eigenvalue weighted by Crippen LogP contribution is 2.20. The third kappa shape index (κ3) is 5.84. The molecule has 0 saturated carbocycles. The van der Waals surface area contributed by atoms with Gasteiger partial charge in [-0.05, 0) is 25.7 Å². The predicted octanol–water partition coefficient (Wildman–Crippen LogP) is 3.82. The first-order valence-corrected chi connectivity index (χ1v) is 5.62. The Labute approximate surface area is 82.9 Å². The summed E-state index contributed by atoms with van der Waals surface area (Å²) in [7, 11) is 0. The molecule has 0 heterocycles. The van der Waals surface area contributed by atoms with E-state index in [-0.39, 0.29) is 5.92 Å². The molecule has 0 aromatic rings. The fourth-order valence-corrected chi connectivity index (χ4v) is 1.65. The molecule has 1 nitrogen and oxygen atoms in total. The van der Waals surface area contributed by atoms with E-state index in [1.165, 1.54) is 25.7 Å². The molecule has 0 bridgehead atoms. The highest BCUT2D eigenvalue weighted by molar-refractivity contribution is 5.77. The smallest absolute Gasteiger partial charge is 0.132 e. The zero-order valence-electron chi connectivity index (χ0n) is 9.60. The van der Waals surface area contributed by atoms with Gasteiger partial charge in [-0.3, -0.25) is 4.79 Å². The average molecular weight is 184 g/mol. The SMILES string of the molecule is CCCC(CC)CCC(C)C(C)=O. The second-order valence-electron chi connectivity index (χ2n) is 4.15. The Kier molecular flexibility index (Phi) is 6.93. The third-order valence-corrected chi connectivity index (χ3v) is 2.98. The molecule has 0 aliphatic heterocycles. The molecule has 0 radical (unpaired) electrons. The lowest BCUT2D eigenvalue weighted by Crippen LogP contribution is -2.09. The molecule has 0 N–H and O–H groups in total. The Morgan fingerprint density at radius 3 is 2.15 bits per heavy atom. The van der Waals surface area contributed by atoms with Gasteiger partial charge in [0.05, 0.1) is 0 Å². The van der Waals surface area contributed by atoms with Crippen molar-refractivity contribution >= 4 is 5.78 Å². The molecule has 0 saturated heterocycles. The summed E-state index contributed by atoms with van der Waals surface area (Å²) in [5, 5.41) is 0. The zero-order valence-corrected chi connectivity index (χ0v) is 9.60. The van der Waals surface area contributed by atoms with Crippen molar-refractivity contribution in [2.24, 2.45) is 11.8 Å². The van der Waals surface area contributed by atoms with Crippen molar-refractivity contribution in [3.05, 3.63) is 0 Å². The van der Waals surface area contributed by atoms with Gasteiger partial charge in [-0.15, -0.1) is 0 Å². The first-order valence-electron chi connectivity index (χ1n) is 5.62. The van der Waals surface area contributed by atoms with Crippen LogP contribution in [0.1, 0.15) is 59.8 Å². The van der Waals surface area contributed by atoms with Crippen LogP contribution >= 0.6 is 0 Å². The minimum absolute atomic E-state index is 0.269. The number of carbonyl (C=O) groups is 1. The van der Waals surface area contributed by atoms with Crippen molar-refractivity contribution in [3.63, 3.8) is 0 Å². The van der Waals surface area contributed by atoms with E-state index in [0.717, 1.165) is 12.3 Å². The molecule has 0 aromatic heterocycles. The number of rotatable bonds is 7. The molecular formula is C12H24O. The summed E-state index contributed by atoms with van der Waals surface area (Å²) in [5.41, 5.74) is 0. The first kappa shape index (κ1) is 12.7. The minimum Gasteiger partial charge on any atom is -0.300 e. The van der Waals surface area contributed by atoms with E-state index in [1.807, 2.05) is 6.92 Å². The van der Waals surface area contributed by atoms with Gasteiger partial charge in [-0.1, -0.05) is 40.0 Å². The van der Waals surface area contributed by atoms with Crippen molar-refractivity contribution in [1.82, 2.24) is 0 Å². The van der Waals surface area contributed by atoms with Crippen LogP contribution in [-0.2, 0) is 4.79 Å². The number of hydrogen-bond donors (Lipinski definition) is 0. The van der Waals surface area contributed by atoms with Crippen molar-refractivity contribution in [1.29, 1.82) is 0 Å². The molecule has 78 valence electrons. The van der Waals surface area contributed by atoms with Gasteiger partial charge in [0.25, 0.3) is 0 Å². The van der Waals surface area contributed by atoms with Gasteiger partial charge in [-0.2, -0.15) is 0 Å². The van der Waals surface area contributed by atoms with Crippen molar-refractivity contribution in [2.45, 2.75) is 59.8 Å². The van der Waals surface area contributed by atoms with E-state index in [0.29, 0.717) is 5.78 Å². The molecule has 1 heteroatoms. The maximum absolute atomic E-state index is 11.0. The summed E-state index contributed by atoms with van der Waals surface area (Å²) >= 11 is 0. The maximum atomic E-state index is 11.0. The lowest BCUT2D eigenvalue weighted by molar-refractivity contribution is -0.120. The van der Waals surface area contributed by atoms with Gasteiger partial charge in [0.1, 0.15) is 5.78 Å². The minimum atomic E-state index is 0.269. The summed E-state index contributed by atoms with van der Waals surface area (Å²) in [4.78, 5) is 11.0. The van der Waals surface area contributed by atoms with E-state index in [4.69, 9.17) is 0 Å². The first-order chi connectivity index (χ1) is 6.11. The van der Waals surface area contributed by atoms with Gasteiger partial charge in [0.15, 0.2) is 0 Å². The van der Waals surface area contributed by atoms with Crippen LogP contribution in [0.4, 0.5) is 0 Å². The Hall–Kier alpha value is -0.330. The van der Waals surface area contributed by atoms with E-state index in [9.17, 15) is 4.79 Å². The molecular weight excluding hydrogens is 160 g/mol. The molecule has 0 amide bonds. The third-order valence-electron chi connectivity index (χ3n) is 2.98. The molecule has 0 aliphatic rings. The summed E-state index contributed by atoms with van der Waals surface area (Å²) in [6, 6.07) is 0. The fourth-order valence-electron chi connectivity index (χ4n) is 1.65. The van der Waals surface area contributed by atoms with Gasteiger partial charge >= 0.3 is 0 Å². The van der Waals surface area contributed by atoms with Crippen molar-refractivity contribution < 1.29 is 4.79 Å². The standard InChI is InChI=1S/C12H24O/c1-5-7-12(6-2)9-8-10(3)11(4)13/h10,12H,5-9H2,1-4H3. The van der Waals surface area contributed by atoms with Crippen molar-refractivity contribution in [2.75, 3.05) is 0 Å². The summed E-state index contributed by atoms with van der Waals surface area (Å²) in [5.74, 6) is 1.45. The monoisotopic (exact) mass is 184 g/mol. The normalized spacial score (nSPS) is 15.4. The summed E-state index contributed by atoms with van der Waals surface area (Å²) in [6.07, 6.45) is 6.16. The van der Waals surface area contributed by atoms with Crippen molar-refractivity contribution in [3.8, 4) is 0 Å². The summed E-state index contributed by atoms with van der Waals surface area (Å²) < 4.78 is 0. The highest BCUT2D eigenvalue weighted by Gasteiger charge is 2.11. The molecule has 0 rings (SSSR count). The average Bonchev–Trinajstić information content (AvgIpc) is 2.11. The Morgan fingerprint density at radius 2 is 1.77 bits per heavy atom. The lowest BCUT2D eigenvalue weighted by atomic mass is 9.90. The van der Waals surface area contributed by atoms with Crippen LogP contribution in [0.3, 0.4) is 0 Å². The van der Waals surface area contributed by atoms with Crippen LogP contribution in [-0.4, -0.2) is 5.78 Å². The van der Waals surface area contributed by atoms with Crippen LogP contribution in [0, 0.1) is 11.8 Å². The van der Waals surface area contributed by atoms with Crippen LogP contribution < -0.4 is 0 Å². The second kappa shape index (κ2) is 7.11. The van der Waals surface area contributed by atoms with Gasteiger partial charge < -0.3 is 0 Å². The predicted molar refractivity (Wildman–Crippen MR) is 57.8 cm³/mol. The maximum Gasteiger partial charge on any atom is 0.132 e. The molecule has 0 spiro atoms. The van der Waals surface area contributed by atoms with Crippen LogP contribution in [0.25, 0.3) is 0 Å². The van der Waals surface area contributed by atoms with E-state index < -0.39 is 0 Å². The Bertz CT molecular complexity index is 140. The van der Waals surface area contributed by atoms with E-state index in [1.54, 1.807) is 6.92 Å². The van der Waals surface area contributed by atoms with E-state index >= 15 is 0 Å². The number of Topliss-reactive ketones (excluding diaryl/α,β-unsaturated/α-hetero) is 1. The quantitative estimate of drug-likeness (QED) is 0.588. The molecule has 2 atom stereocenters. The topological polar surface area (TPSA) is 17.1 Å². The summed E-state index contributed by atoms with van der Waals surface area (Å²) in [6.45, 7) is 8.22. The van der Waals surface area contributed by atoms with Crippen LogP contribution in [0.15, 0.2) is 0 Å². The molecule has 0 aromatic carbocycles. The second-order valence-corrected chi connectivity index (χ2v) is 4.15. The zero-order chi connectivity index (χ0) is 10.3. The molecule has 0 aliphatic carbocycles. The molecule has 0 fully saturated rings. The van der Waals surface area contributed by atoms with Crippen LogP contribution in [0.2, 0.25) is 0 Å². The van der Waals surface area contributed by atoms with E-state index in [2.05, 4.69) is 13.8 Å². The largest absolute Gasteiger partial charge is 0.300 e. The lowest BCUT2D eigenvalue weighted by Gasteiger charge is -2.15. The molecule has 13 heavy (non-hydrogen) atoms. The fraction of sp³-hybridized carbons (Fsp3) is 0.917. The molecule has 2 unspecified atom stereocenters. The van der Waals surface area contributed by atoms with Gasteiger partial charge in [0, 0.05) is 5.92 Å². The van der Waals surface area contributed by atoms with Crippen LogP contribution in [0.5, 0.6) is 0 Å². The number of hydrogen-bond acceptors (Lipinski definition) is 1. The Balaban J connectivity index is 3.64.